The second kappa shape index (κ2) is 5.29. The highest BCUT2D eigenvalue weighted by Gasteiger charge is 2.21. The van der Waals surface area contributed by atoms with Gasteiger partial charge in [0.25, 0.3) is 0 Å². The number of benzene rings is 1. The van der Waals surface area contributed by atoms with Gasteiger partial charge in [-0.3, -0.25) is 9.59 Å². The van der Waals surface area contributed by atoms with Gasteiger partial charge in [0.15, 0.2) is 0 Å². The van der Waals surface area contributed by atoms with E-state index in [-0.39, 0.29) is 11.4 Å². The third-order valence-electron chi connectivity index (χ3n) is 2.18. The van der Waals surface area contributed by atoms with Crippen molar-refractivity contribution in [1.82, 2.24) is 0 Å². The molecule has 5 nitrogen and oxygen atoms in total. The number of nitrogens with one attached hydrogen (secondary N) is 1. The fourth-order valence-corrected chi connectivity index (χ4v) is 1.13. The monoisotopic (exact) mass is 241 g/mol. The van der Waals surface area contributed by atoms with Crippen LogP contribution in [0.4, 0.5) is 10.1 Å². The number of carbonyl (C=O) groups is 2. The van der Waals surface area contributed by atoms with E-state index < -0.39 is 23.6 Å². The van der Waals surface area contributed by atoms with Gasteiger partial charge in [-0.05, 0) is 19.1 Å². The van der Waals surface area contributed by atoms with Crippen molar-refractivity contribution in [3.05, 3.63) is 24.0 Å². The van der Waals surface area contributed by atoms with Gasteiger partial charge in [-0.1, -0.05) is 0 Å². The van der Waals surface area contributed by atoms with Gasteiger partial charge in [0.05, 0.1) is 12.8 Å². The van der Waals surface area contributed by atoms with Crippen molar-refractivity contribution >= 4 is 17.6 Å². The number of methoxy groups -OCH3 is 1. The van der Waals surface area contributed by atoms with Crippen molar-refractivity contribution in [2.45, 2.75) is 6.92 Å². The molecule has 0 saturated heterocycles. The molecular weight excluding hydrogens is 229 g/mol. The molecule has 1 atom stereocenters. The summed E-state index contributed by atoms with van der Waals surface area (Å²) >= 11 is 0. The van der Waals surface area contributed by atoms with Crippen molar-refractivity contribution in [2.24, 2.45) is 5.92 Å². The quantitative estimate of drug-likeness (QED) is 0.783. The Balaban J connectivity index is 2.91. The molecule has 1 aromatic carbocycles. The molecule has 1 amide bonds. The van der Waals surface area contributed by atoms with E-state index >= 15 is 0 Å². The first-order valence-electron chi connectivity index (χ1n) is 4.83. The second-order valence-electron chi connectivity index (χ2n) is 3.39. The molecule has 0 bridgehead atoms. The van der Waals surface area contributed by atoms with Crippen LogP contribution in [0.1, 0.15) is 6.92 Å². The van der Waals surface area contributed by atoms with Crippen molar-refractivity contribution in [3.8, 4) is 5.75 Å². The molecule has 1 rings (SSSR count). The van der Waals surface area contributed by atoms with Crippen molar-refractivity contribution in [2.75, 3.05) is 12.4 Å². The second-order valence-corrected chi connectivity index (χ2v) is 3.39. The Hall–Kier alpha value is -2.11. The largest absolute Gasteiger partial charge is 0.495 e. The van der Waals surface area contributed by atoms with Gasteiger partial charge in [0.2, 0.25) is 5.91 Å². The van der Waals surface area contributed by atoms with Gasteiger partial charge < -0.3 is 15.2 Å². The van der Waals surface area contributed by atoms with E-state index in [9.17, 15) is 14.0 Å². The van der Waals surface area contributed by atoms with Crippen LogP contribution in [0.25, 0.3) is 0 Å². The van der Waals surface area contributed by atoms with Crippen LogP contribution in [0.3, 0.4) is 0 Å². The van der Waals surface area contributed by atoms with Crippen LogP contribution in [-0.4, -0.2) is 24.1 Å². The molecule has 0 aliphatic carbocycles. The number of aliphatic carboxylic acids is 1. The normalized spacial score (nSPS) is 11.7. The van der Waals surface area contributed by atoms with Gasteiger partial charge >= 0.3 is 5.97 Å². The summed E-state index contributed by atoms with van der Waals surface area (Å²) in [5.41, 5.74) is 0.102. The Kier molecular flexibility index (Phi) is 4.03. The Morgan fingerprint density at radius 1 is 1.47 bits per heavy atom. The lowest BCUT2D eigenvalue weighted by molar-refractivity contribution is -0.144. The van der Waals surface area contributed by atoms with Crippen LogP contribution in [0.5, 0.6) is 5.75 Å². The molecule has 2 N–H and O–H groups in total. The number of ether oxygens (including phenoxy) is 1. The number of hydrogen-bond donors (Lipinski definition) is 2. The Labute approximate surface area is 97.2 Å². The fourth-order valence-electron chi connectivity index (χ4n) is 1.13. The first-order valence-corrected chi connectivity index (χ1v) is 4.83. The molecule has 0 aliphatic rings. The van der Waals surface area contributed by atoms with Crippen LogP contribution < -0.4 is 10.1 Å². The first-order chi connectivity index (χ1) is 7.95. The Morgan fingerprint density at radius 2 is 2.12 bits per heavy atom. The minimum absolute atomic E-state index is 0.102. The lowest BCUT2D eigenvalue weighted by atomic mass is 10.1. The summed E-state index contributed by atoms with van der Waals surface area (Å²) < 4.78 is 17.9. The van der Waals surface area contributed by atoms with E-state index in [1.807, 2.05) is 0 Å². The molecule has 0 aliphatic heterocycles. The molecule has 0 aromatic heterocycles. The summed E-state index contributed by atoms with van der Waals surface area (Å²) in [6, 6.07) is 3.58. The average Bonchev–Trinajstić information content (AvgIpc) is 2.28. The van der Waals surface area contributed by atoms with Gasteiger partial charge in [-0.2, -0.15) is 0 Å². The van der Waals surface area contributed by atoms with E-state index in [0.717, 1.165) is 6.07 Å². The average molecular weight is 241 g/mol. The summed E-state index contributed by atoms with van der Waals surface area (Å²) in [4.78, 5) is 22.0. The third kappa shape index (κ3) is 3.17. The number of anilines is 1. The lowest BCUT2D eigenvalue weighted by Gasteiger charge is -2.11. The molecule has 6 heteroatoms. The highest BCUT2D eigenvalue weighted by molar-refractivity contribution is 6.04. The standard InChI is InChI=1S/C11H12FNO4/c1-6(11(15)16)10(14)13-8-5-7(12)3-4-9(8)17-2/h3-6H,1-2H3,(H,13,14)(H,15,16). The van der Waals surface area contributed by atoms with E-state index in [4.69, 9.17) is 9.84 Å². The van der Waals surface area contributed by atoms with E-state index in [1.165, 1.54) is 26.2 Å². The molecule has 0 spiro atoms. The lowest BCUT2D eigenvalue weighted by Crippen LogP contribution is -2.27. The summed E-state index contributed by atoms with van der Waals surface area (Å²) in [7, 11) is 1.36. The summed E-state index contributed by atoms with van der Waals surface area (Å²) in [5, 5.41) is 10.9. The van der Waals surface area contributed by atoms with Crippen LogP contribution in [0.15, 0.2) is 18.2 Å². The van der Waals surface area contributed by atoms with Crippen LogP contribution in [0, 0.1) is 11.7 Å². The number of rotatable bonds is 4. The molecule has 0 saturated carbocycles. The van der Waals surface area contributed by atoms with Crippen molar-refractivity contribution in [1.29, 1.82) is 0 Å². The summed E-state index contributed by atoms with van der Waals surface area (Å²) in [5.74, 6) is -3.50. The zero-order chi connectivity index (χ0) is 13.0. The Morgan fingerprint density at radius 3 is 2.65 bits per heavy atom. The molecule has 0 heterocycles. The number of amides is 1. The zero-order valence-corrected chi connectivity index (χ0v) is 9.36. The van der Waals surface area contributed by atoms with Crippen molar-refractivity contribution in [3.63, 3.8) is 0 Å². The maximum atomic E-state index is 13.0. The number of carboxylic acid groups (broad SMARTS) is 1. The number of hydrogen-bond acceptors (Lipinski definition) is 3. The number of carboxylic acids is 1. The van der Waals surface area contributed by atoms with E-state index in [2.05, 4.69) is 5.32 Å². The summed E-state index contributed by atoms with van der Waals surface area (Å²) in [6.45, 7) is 1.24. The number of halogens is 1. The topological polar surface area (TPSA) is 75.6 Å². The molecule has 1 unspecified atom stereocenters. The minimum Gasteiger partial charge on any atom is -0.495 e. The maximum absolute atomic E-state index is 13.0. The molecule has 0 fully saturated rings. The maximum Gasteiger partial charge on any atom is 0.315 e. The van der Waals surface area contributed by atoms with E-state index in [1.54, 1.807) is 0 Å². The van der Waals surface area contributed by atoms with Gasteiger partial charge in [0, 0.05) is 6.07 Å². The van der Waals surface area contributed by atoms with Crippen LogP contribution >= 0.6 is 0 Å². The predicted molar refractivity (Wildman–Crippen MR) is 58.4 cm³/mol. The molecule has 0 radical (unpaired) electrons. The highest BCUT2D eigenvalue weighted by atomic mass is 19.1. The van der Waals surface area contributed by atoms with Gasteiger partial charge in [-0.15, -0.1) is 0 Å². The predicted octanol–water partition coefficient (Wildman–Crippen LogP) is 1.49. The molecule has 1 aromatic rings. The van der Waals surface area contributed by atoms with Crippen molar-refractivity contribution < 1.29 is 23.8 Å². The van der Waals surface area contributed by atoms with E-state index in [0.29, 0.717) is 0 Å². The first kappa shape index (κ1) is 13.0. The van der Waals surface area contributed by atoms with Gasteiger partial charge in [-0.25, -0.2) is 4.39 Å². The fraction of sp³-hybridized carbons (Fsp3) is 0.273. The molecular formula is C11H12FNO4. The van der Waals surface area contributed by atoms with Crippen LogP contribution in [-0.2, 0) is 9.59 Å². The SMILES string of the molecule is COc1ccc(F)cc1NC(=O)C(C)C(=O)O. The molecule has 17 heavy (non-hydrogen) atoms. The number of carbonyl (C=O) groups excluding carboxylic acids is 1. The minimum atomic E-state index is -1.25. The van der Waals surface area contributed by atoms with Crippen LogP contribution in [0.2, 0.25) is 0 Å². The van der Waals surface area contributed by atoms with Gasteiger partial charge in [0.1, 0.15) is 17.5 Å². The zero-order valence-electron chi connectivity index (χ0n) is 9.36. The Bertz CT molecular complexity index is 447. The third-order valence-corrected chi connectivity index (χ3v) is 2.18. The highest BCUT2D eigenvalue weighted by Crippen LogP contribution is 2.25. The summed E-state index contributed by atoms with van der Waals surface area (Å²) in [6.07, 6.45) is 0. The molecule has 92 valence electrons. The smallest absolute Gasteiger partial charge is 0.315 e.